The molecule has 98 valence electrons. The van der Waals surface area contributed by atoms with Crippen LogP contribution < -0.4 is 10.1 Å². The van der Waals surface area contributed by atoms with Crippen LogP contribution in [0.3, 0.4) is 0 Å². The Morgan fingerprint density at radius 1 is 1.11 bits per heavy atom. The molecule has 0 radical (unpaired) electrons. The van der Waals surface area contributed by atoms with Crippen molar-refractivity contribution in [3.05, 3.63) is 42.5 Å². The molecule has 0 heterocycles. The zero-order valence-corrected chi connectivity index (χ0v) is 11.6. The fraction of sp³-hybridized carbons (Fsp3) is 0.143. The monoisotopic (exact) mass is 321 g/mol. The molecule has 5 heteroatoms. The Balaban J connectivity index is 2.13. The van der Waals surface area contributed by atoms with E-state index in [4.69, 9.17) is 4.74 Å². The largest absolute Gasteiger partial charge is 0.419 e. The number of carbonyl (C=O) groups excluding carboxylic acids is 2. The van der Waals surface area contributed by atoms with Crippen LogP contribution in [0.5, 0.6) is 5.75 Å². The van der Waals surface area contributed by atoms with Crippen molar-refractivity contribution in [1.29, 1.82) is 0 Å². The number of halogens is 1. The number of hydrogen-bond donors (Lipinski definition) is 1. The summed E-state index contributed by atoms with van der Waals surface area (Å²) < 4.78 is 5.16. The first-order valence-corrected chi connectivity index (χ1v) is 6.88. The van der Waals surface area contributed by atoms with E-state index in [0.717, 1.165) is 10.8 Å². The highest BCUT2D eigenvalue weighted by atomic mass is 79.9. The van der Waals surface area contributed by atoms with Crippen LogP contribution in [0.4, 0.5) is 4.79 Å². The maximum absolute atomic E-state index is 11.6. The molecule has 0 aliphatic rings. The lowest BCUT2D eigenvalue weighted by Crippen LogP contribution is -2.33. The Kier molecular flexibility index (Phi) is 4.52. The number of imide groups is 1. The number of nitrogens with one attached hydrogen (secondary N) is 1. The first-order valence-electron chi connectivity index (χ1n) is 5.76. The van der Waals surface area contributed by atoms with Crippen LogP contribution in [0.2, 0.25) is 0 Å². The summed E-state index contributed by atoms with van der Waals surface area (Å²) in [4.78, 5) is 22.8. The average Bonchev–Trinajstić information content (AvgIpc) is 2.39. The smallest absolute Gasteiger partial charge is 0.409 e. The van der Waals surface area contributed by atoms with Crippen LogP contribution in [0.15, 0.2) is 42.5 Å². The van der Waals surface area contributed by atoms with Crippen LogP contribution in [-0.4, -0.2) is 17.3 Å². The Hall–Kier alpha value is -1.88. The molecule has 0 bridgehead atoms. The number of fused-ring (bicyclic) bond motifs is 1. The van der Waals surface area contributed by atoms with Crippen LogP contribution >= 0.6 is 15.9 Å². The van der Waals surface area contributed by atoms with Crippen molar-refractivity contribution in [2.45, 2.75) is 6.42 Å². The van der Waals surface area contributed by atoms with Crippen molar-refractivity contribution in [1.82, 2.24) is 5.32 Å². The summed E-state index contributed by atoms with van der Waals surface area (Å²) in [5, 5.41) is 4.46. The molecule has 0 atom stereocenters. The average molecular weight is 322 g/mol. The molecule has 0 spiro atoms. The molecule has 2 amide bonds. The van der Waals surface area contributed by atoms with E-state index >= 15 is 0 Å². The van der Waals surface area contributed by atoms with E-state index < -0.39 is 6.09 Å². The van der Waals surface area contributed by atoms with E-state index in [9.17, 15) is 9.59 Å². The van der Waals surface area contributed by atoms with Gasteiger partial charge in [-0.2, -0.15) is 0 Å². The number of alkyl halides is 1. The van der Waals surface area contributed by atoms with E-state index in [1.807, 2.05) is 30.3 Å². The first kappa shape index (κ1) is 13.5. The minimum atomic E-state index is -0.762. The second-order valence-electron chi connectivity index (χ2n) is 3.85. The van der Waals surface area contributed by atoms with Crippen molar-refractivity contribution in [3.8, 4) is 5.75 Å². The van der Waals surface area contributed by atoms with Gasteiger partial charge in [-0.15, -0.1) is 0 Å². The highest BCUT2D eigenvalue weighted by Crippen LogP contribution is 2.25. The van der Waals surface area contributed by atoms with E-state index in [1.165, 1.54) is 0 Å². The minimum Gasteiger partial charge on any atom is -0.409 e. The van der Waals surface area contributed by atoms with E-state index in [1.54, 1.807) is 12.1 Å². The Morgan fingerprint density at radius 2 is 1.84 bits per heavy atom. The summed E-state index contributed by atoms with van der Waals surface area (Å²) in [6.07, 6.45) is -0.535. The van der Waals surface area contributed by atoms with Gasteiger partial charge in [0.25, 0.3) is 0 Å². The van der Waals surface area contributed by atoms with Gasteiger partial charge in [-0.25, -0.2) is 4.79 Å². The maximum atomic E-state index is 11.6. The molecule has 4 nitrogen and oxygen atoms in total. The molecule has 2 aromatic rings. The van der Waals surface area contributed by atoms with Gasteiger partial charge < -0.3 is 4.74 Å². The second-order valence-corrected chi connectivity index (χ2v) is 4.65. The van der Waals surface area contributed by atoms with Crippen LogP contribution in [0, 0.1) is 0 Å². The van der Waals surface area contributed by atoms with Crippen LogP contribution in [0.1, 0.15) is 6.42 Å². The molecule has 2 rings (SSSR count). The maximum Gasteiger partial charge on any atom is 0.419 e. The third kappa shape index (κ3) is 3.54. The third-order valence-electron chi connectivity index (χ3n) is 2.52. The Morgan fingerprint density at radius 3 is 2.63 bits per heavy atom. The SMILES string of the molecule is O=C(CCBr)NC(=O)Oc1cccc2ccccc12. The summed E-state index contributed by atoms with van der Waals surface area (Å²) in [5.41, 5.74) is 0. The number of rotatable bonds is 3. The van der Waals surface area contributed by atoms with Gasteiger partial charge in [0.15, 0.2) is 0 Å². The molecule has 19 heavy (non-hydrogen) atoms. The second kappa shape index (κ2) is 6.33. The van der Waals surface area contributed by atoms with Gasteiger partial charge in [0.05, 0.1) is 0 Å². The topological polar surface area (TPSA) is 55.4 Å². The number of amides is 2. The molecule has 0 aromatic heterocycles. The molecule has 0 aliphatic carbocycles. The van der Waals surface area contributed by atoms with Gasteiger partial charge in [0, 0.05) is 17.1 Å². The van der Waals surface area contributed by atoms with Crippen molar-refractivity contribution in [3.63, 3.8) is 0 Å². The fourth-order valence-electron chi connectivity index (χ4n) is 1.67. The third-order valence-corrected chi connectivity index (χ3v) is 2.91. The molecular formula is C14H12BrNO3. The molecule has 0 saturated carbocycles. The summed E-state index contributed by atoms with van der Waals surface area (Å²) in [5.74, 6) is 0.0596. The Labute approximate surface area is 118 Å². The number of ether oxygens (including phenoxy) is 1. The molecule has 0 unspecified atom stereocenters. The fourth-order valence-corrected chi connectivity index (χ4v) is 2.03. The standard InChI is InChI=1S/C14H12BrNO3/c15-9-8-13(17)16-14(18)19-12-7-3-5-10-4-1-2-6-11(10)12/h1-7H,8-9H2,(H,16,17,18). The van der Waals surface area contributed by atoms with Crippen molar-refractivity contribution in [2.24, 2.45) is 0 Å². The molecule has 0 saturated heterocycles. The van der Waals surface area contributed by atoms with E-state index in [-0.39, 0.29) is 12.3 Å². The van der Waals surface area contributed by atoms with Gasteiger partial charge in [-0.3, -0.25) is 10.1 Å². The summed E-state index contributed by atoms with van der Waals surface area (Å²) in [6, 6.07) is 13.0. The predicted octanol–water partition coefficient (Wildman–Crippen LogP) is 3.24. The molecular weight excluding hydrogens is 310 g/mol. The summed E-state index contributed by atoms with van der Waals surface area (Å²) in [6.45, 7) is 0. The van der Waals surface area contributed by atoms with E-state index in [0.29, 0.717) is 11.1 Å². The molecule has 2 aromatic carbocycles. The highest BCUT2D eigenvalue weighted by molar-refractivity contribution is 9.09. The van der Waals surface area contributed by atoms with Gasteiger partial charge in [0.1, 0.15) is 5.75 Å². The quantitative estimate of drug-likeness (QED) is 0.883. The zero-order valence-electron chi connectivity index (χ0n) is 10.1. The minimum absolute atomic E-state index is 0.227. The molecule has 1 N–H and O–H groups in total. The summed E-state index contributed by atoms with van der Waals surface area (Å²) in [7, 11) is 0. The first-order chi connectivity index (χ1) is 9.20. The van der Waals surface area contributed by atoms with E-state index in [2.05, 4.69) is 21.2 Å². The van der Waals surface area contributed by atoms with Crippen molar-refractivity contribution in [2.75, 3.05) is 5.33 Å². The van der Waals surface area contributed by atoms with Crippen molar-refractivity contribution >= 4 is 38.7 Å². The van der Waals surface area contributed by atoms with Crippen LogP contribution in [-0.2, 0) is 4.79 Å². The molecule has 0 fully saturated rings. The lowest BCUT2D eigenvalue weighted by atomic mass is 10.1. The van der Waals surface area contributed by atoms with Gasteiger partial charge in [-0.05, 0) is 11.5 Å². The number of hydrogen-bond acceptors (Lipinski definition) is 3. The zero-order chi connectivity index (χ0) is 13.7. The lowest BCUT2D eigenvalue weighted by molar-refractivity contribution is -0.119. The van der Waals surface area contributed by atoms with Gasteiger partial charge in [-0.1, -0.05) is 52.3 Å². The summed E-state index contributed by atoms with van der Waals surface area (Å²) >= 11 is 3.13. The van der Waals surface area contributed by atoms with Crippen molar-refractivity contribution < 1.29 is 14.3 Å². The van der Waals surface area contributed by atoms with Gasteiger partial charge in [0.2, 0.25) is 5.91 Å². The number of benzene rings is 2. The predicted molar refractivity (Wildman–Crippen MR) is 76.5 cm³/mol. The normalized spacial score (nSPS) is 10.2. The Bertz CT molecular complexity index is 607. The van der Waals surface area contributed by atoms with Gasteiger partial charge >= 0.3 is 6.09 Å². The highest BCUT2D eigenvalue weighted by Gasteiger charge is 2.10. The lowest BCUT2D eigenvalue weighted by Gasteiger charge is -2.07. The number of carbonyl (C=O) groups is 2. The van der Waals surface area contributed by atoms with Crippen LogP contribution in [0.25, 0.3) is 10.8 Å². The molecule has 0 aliphatic heterocycles.